The predicted molar refractivity (Wildman–Crippen MR) is 32.5 cm³/mol. The predicted octanol–water partition coefficient (Wildman–Crippen LogP) is 0.582. The first-order chi connectivity index (χ1) is 3.55. The van der Waals surface area contributed by atoms with Crippen LogP contribution in [0.15, 0.2) is 0 Å². The van der Waals surface area contributed by atoms with Crippen LogP contribution in [0.2, 0.25) is 0 Å². The fraction of sp³-hybridized carbons (Fsp3) is 1.00. The van der Waals surface area contributed by atoms with Crippen molar-refractivity contribution in [2.24, 2.45) is 0 Å². The maximum absolute atomic E-state index is 10.7. The standard InChI is InChI=1S/C5H10O2S/c1-4-3-5(2)8(4,6)7/h4-5H,3H2,1-2H3/t4-,5?/m0/s1. The lowest BCUT2D eigenvalue weighted by Gasteiger charge is -2.29. The van der Waals surface area contributed by atoms with Gasteiger partial charge in [0, 0.05) is 0 Å². The van der Waals surface area contributed by atoms with Gasteiger partial charge in [0.05, 0.1) is 10.5 Å². The summed E-state index contributed by atoms with van der Waals surface area (Å²) in [5, 5.41) is -0.144. The molecule has 2 atom stereocenters. The first-order valence-corrected chi connectivity index (χ1v) is 4.39. The van der Waals surface area contributed by atoms with Crippen LogP contribution in [0.4, 0.5) is 0 Å². The Morgan fingerprint density at radius 2 is 1.62 bits per heavy atom. The van der Waals surface area contributed by atoms with Crippen LogP contribution in [-0.2, 0) is 9.84 Å². The molecule has 48 valence electrons. The Hall–Kier alpha value is -0.0500. The van der Waals surface area contributed by atoms with Crippen LogP contribution in [0.3, 0.4) is 0 Å². The molecule has 0 spiro atoms. The maximum Gasteiger partial charge on any atom is 0.155 e. The van der Waals surface area contributed by atoms with Gasteiger partial charge in [0.25, 0.3) is 0 Å². The average Bonchev–Trinajstić information content (AvgIpc) is 1.68. The van der Waals surface area contributed by atoms with Gasteiger partial charge in [-0.1, -0.05) is 0 Å². The van der Waals surface area contributed by atoms with Gasteiger partial charge >= 0.3 is 0 Å². The lowest BCUT2D eigenvalue weighted by atomic mass is 10.2. The molecule has 0 N–H and O–H groups in total. The Morgan fingerprint density at radius 3 is 1.62 bits per heavy atom. The van der Waals surface area contributed by atoms with Crippen molar-refractivity contribution in [2.45, 2.75) is 30.8 Å². The number of sulfone groups is 1. The molecular formula is C5H10O2S. The molecule has 0 amide bonds. The molecule has 0 bridgehead atoms. The Bertz CT molecular complexity index is 167. The molecule has 1 saturated heterocycles. The summed E-state index contributed by atoms with van der Waals surface area (Å²) in [6.45, 7) is 3.52. The molecule has 1 aliphatic rings. The van der Waals surface area contributed by atoms with E-state index in [2.05, 4.69) is 0 Å². The van der Waals surface area contributed by atoms with E-state index in [9.17, 15) is 8.42 Å². The van der Waals surface area contributed by atoms with Crippen molar-refractivity contribution in [2.75, 3.05) is 0 Å². The van der Waals surface area contributed by atoms with Gasteiger partial charge in [-0.3, -0.25) is 0 Å². The molecule has 0 aromatic heterocycles. The van der Waals surface area contributed by atoms with Gasteiger partial charge in [-0.15, -0.1) is 0 Å². The molecule has 3 heteroatoms. The number of hydrogen-bond donors (Lipinski definition) is 0. The molecule has 8 heavy (non-hydrogen) atoms. The summed E-state index contributed by atoms with van der Waals surface area (Å²) in [5.74, 6) is 0. The molecule has 1 aliphatic heterocycles. The lowest BCUT2D eigenvalue weighted by molar-refractivity contribution is 0.525. The van der Waals surface area contributed by atoms with E-state index in [4.69, 9.17) is 0 Å². The van der Waals surface area contributed by atoms with Crippen LogP contribution >= 0.6 is 0 Å². The van der Waals surface area contributed by atoms with Gasteiger partial charge < -0.3 is 0 Å². The molecule has 2 nitrogen and oxygen atoms in total. The fourth-order valence-corrected chi connectivity index (χ4v) is 2.56. The summed E-state index contributed by atoms with van der Waals surface area (Å²) in [6.07, 6.45) is 0.850. The van der Waals surface area contributed by atoms with E-state index in [0.29, 0.717) is 0 Å². The minimum Gasteiger partial charge on any atom is -0.228 e. The van der Waals surface area contributed by atoms with E-state index in [0.717, 1.165) is 6.42 Å². The van der Waals surface area contributed by atoms with Crippen molar-refractivity contribution in [3.63, 3.8) is 0 Å². The van der Waals surface area contributed by atoms with Crippen molar-refractivity contribution in [1.29, 1.82) is 0 Å². The van der Waals surface area contributed by atoms with Crippen LogP contribution in [0.5, 0.6) is 0 Å². The van der Waals surface area contributed by atoms with Crippen molar-refractivity contribution < 1.29 is 8.42 Å². The first-order valence-electron chi connectivity index (χ1n) is 2.78. The normalized spacial score (nSPS) is 43.2. The highest BCUT2D eigenvalue weighted by Gasteiger charge is 2.39. The zero-order valence-corrected chi connectivity index (χ0v) is 5.90. The summed E-state index contributed by atoms with van der Waals surface area (Å²) in [4.78, 5) is 0. The van der Waals surface area contributed by atoms with Gasteiger partial charge in [-0.05, 0) is 20.3 Å². The maximum atomic E-state index is 10.7. The van der Waals surface area contributed by atoms with E-state index < -0.39 is 9.84 Å². The minimum atomic E-state index is -2.64. The van der Waals surface area contributed by atoms with Crippen molar-refractivity contribution in [3.05, 3.63) is 0 Å². The van der Waals surface area contributed by atoms with Crippen molar-refractivity contribution in [3.8, 4) is 0 Å². The Kier molecular flexibility index (Phi) is 1.11. The zero-order valence-electron chi connectivity index (χ0n) is 5.09. The highest BCUT2D eigenvalue weighted by atomic mass is 32.2. The molecule has 0 aromatic rings. The van der Waals surface area contributed by atoms with E-state index >= 15 is 0 Å². The summed E-state index contributed by atoms with van der Waals surface area (Å²) in [6, 6.07) is 0. The zero-order chi connectivity index (χ0) is 6.36. The summed E-state index contributed by atoms with van der Waals surface area (Å²) in [7, 11) is -2.64. The summed E-state index contributed by atoms with van der Waals surface area (Å²) in [5.41, 5.74) is 0. The third kappa shape index (κ3) is 0.573. The molecule has 0 aromatic carbocycles. The van der Waals surface area contributed by atoms with Gasteiger partial charge in [-0.25, -0.2) is 8.42 Å². The molecule has 1 rings (SSSR count). The third-order valence-electron chi connectivity index (χ3n) is 1.79. The highest BCUT2D eigenvalue weighted by Crippen LogP contribution is 2.27. The molecule has 0 radical (unpaired) electrons. The SMILES string of the molecule is CC1C[C@H](C)S1(=O)=O. The smallest absolute Gasteiger partial charge is 0.155 e. The largest absolute Gasteiger partial charge is 0.228 e. The highest BCUT2D eigenvalue weighted by molar-refractivity contribution is 7.94. The van der Waals surface area contributed by atoms with Gasteiger partial charge in [0.15, 0.2) is 9.84 Å². The number of rotatable bonds is 0. The molecule has 1 unspecified atom stereocenters. The Morgan fingerprint density at radius 1 is 1.25 bits per heavy atom. The monoisotopic (exact) mass is 134 g/mol. The molecule has 1 heterocycles. The summed E-state index contributed by atoms with van der Waals surface area (Å²) < 4.78 is 21.5. The molecule has 0 aliphatic carbocycles. The fourth-order valence-electron chi connectivity index (χ4n) is 1.01. The third-order valence-corrected chi connectivity index (χ3v) is 4.41. The number of hydrogen-bond acceptors (Lipinski definition) is 2. The molecular weight excluding hydrogens is 124 g/mol. The van der Waals surface area contributed by atoms with Crippen LogP contribution < -0.4 is 0 Å². The van der Waals surface area contributed by atoms with E-state index in [1.165, 1.54) is 0 Å². The minimum absolute atomic E-state index is 0.0718. The van der Waals surface area contributed by atoms with Crippen molar-refractivity contribution in [1.82, 2.24) is 0 Å². The van der Waals surface area contributed by atoms with E-state index in [1.807, 2.05) is 0 Å². The summed E-state index contributed by atoms with van der Waals surface area (Å²) >= 11 is 0. The quantitative estimate of drug-likeness (QED) is 0.485. The van der Waals surface area contributed by atoms with Crippen LogP contribution in [0, 0.1) is 0 Å². The van der Waals surface area contributed by atoms with Gasteiger partial charge in [0.1, 0.15) is 0 Å². The Labute approximate surface area is 49.8 Å². The van der Waals surface area contributed by atoms with Crippen LogP contribution in [0.1, 0.15) is 20.3 Å². The molecule has 0 saturated carbocycles. The Balaban J connectivity index is 2.83. The van der Waals surface area contributed by atoms with Crippen LogP contribution in [0.25, 0.3) is 0 Å². The average molecular weight is 134 g/mol. The van der Waals surface area contributed by atoms with Crippen LogP contribution in [-0.4, -0.2) is 18.9 Å². The molecule has 1 fully saturated rings. The first kappa shape index (κ1) is 6.08. The second-order valence-electron chi connectivity index (χ2n) is 2.45. The second-order valence-corrected chi connectivity index (χ2v) is 5.23. The van der Waals surface area contributed by atoms with Crippen molar-refractivity contribution >= 4 is 9.84 Å². The second kappa shape index (κ2) is 1.47. The van der Waals surface area contributed by atoms with E-state index in [1.54, 1.807) is 13.8 Å². The lowest BCUT2D eigenvalue weighted by Crippen LogP contribution is -2.41. The van der Waals surface area contributed by atoms with E-state index in [-0.39, 0.29) is 10.5 Å². The van der Waals surface area contributed by atoms with Gasteiger partial charge in [0.2, 0.25) is 0 Å². The van der Waals surface area contributed by atoms with Gasteiger partial charge in [-0.2, -0.15) is 0 Å². The topological polar surface area (TPSA) is 34.1 Å².